The van der Waals surface area contributed by atoms with Gasteiger partial charge in [-0.1, -0.05) is 13.8 Å². The van der Waals surface area contributed by atoms with Crippen molar-refractivity contribution in [3.63, 3.8) is 0 Å². The average molecular weight is 315 g/mol. The van der Waals surface area contributed by atoms with Crippen molar-refractivity contribution in [1.82, 2.24) is 0 Å². The van der Waals surface area contributed by atoms with Crippen molar-refractivity contribution < 1.29 is 9.53 Å². The maximum Gasteiger partial charge on any atom is 0.229 e. The van der Waals surface area contributed by atoms with E-state index >= 15 is 0 Å². The molecule has 100 valence electrons. The molecule has 1 atom stereocenters. The van der Waals surface area contributed by atoms with Crippen LogP contribution in [-0.2, 0) is 4.79 Å². The van der Waals surface area contributed by atoms with E-state index in [4.69, 9.17) is 10.5 Å². The fourth-order valence-electron chi connectivity index (χ4n) is 1.66. The van der Waals surface area contributed by atoms with Gasteiger partial charge in [-0.15, -0.1) is 0 Å². The van der Waals surface area contributed by atoms with Gasteiger partial charge in [-0.05, 0) is 40.0 Å². The van der Waals surface area contributed by atoms with E-state index in [1.807, 2.05) is 19.9 Å². The monoisotopic (exact) mass is 314 g/mol. The number of carbonyl (C=O) groups excluding carboxylic acids is 1. The van der Waals surface area contributed by atoms with Gasteiger partial charge in [0.2, 0.25) is 5.91 Å². The largest absolute Gasteiger partial charge is 0.496 e. The standard InChI is InChI=1S/C13H19BrN2O2/c1-8(2)10(7-15)13(17)16-9-4-5-12(18-3)11(14)6-9/h4-6,8,10H,7,15H2,1-3H3,(H,16,17). The second-order valence-corrected chi connectivity index (χ2v) is 5.28. The van der Waals surface area contributed by atoms with Gasteiger partial charge in [-0.3, -0.25) is 4.79 Å². The Bertz CT molecular complexity index is 421. The van der Waals surface area contributed by atoms with E-state index < -0.39 is 0 Å². The third kappa shape index (κ3) is 3.71. The van der Waals surface area contributed by atoms with Crippen LogP contribution in [0.5, 0.6) is 5.75 Å². The smallest absolute Gasteiger partial charge is 0.229 e. The van der Waals surface area contributed by atoms with Crippen LogP contribution in [0.4, 0.5) is 5.69 Å². The van der Waals surface area contributed by atoms with Crippen LogP contribution in [0.2, 0.25) is 0 Å². The van der Waals surface area contributed by atoms with E-state index in [2.05, 4.69) is 21.2 Å². The molecule has 0 bridgehead atoms. The highest BCUT2D eigenvalue weighted by molar-refractivity contribution is 9.10. The van der Waals surface area contributed by atoms with Gasteiger partial charge in [-0.2, -0.15) is 0 Å². The van der Waals surface area contributed by atoms with Crippen molar-refractivity contribution >= 4 is 27.5 Å². The predicted molar refractivity (Wildman–Crippen MR) is 76.7 cm³/mol. The van der Waals surface area contributed by atoms with Crippen molar-refractivity contribution in [1.29, 1.82) is 0 Å². The topological polar surface area (TPSA) is 64.3 Å². The van der Waals surface area contributed by atoms with Crippen molar-refractivity contribution in [2.45, 2.75) is 13.8 Å². The SMILES string of the molecule is COc1ccc(NC(=O)C(CN)C(C)C)cc1Br. The summed E-state index contributed by atoms with van der Waals surface area (Å²) in [5, 5.41) is 2.86. The first-order chi connectivity index (χ1) is 8.49. The highest BCUT2D eigenvalue weighted by Gasteiger charge is 2.20. The molecule has 1 aromatic carbocycles. The van der Waals surface area contributed by atoms with Crippen LogP contribution in [0.15, 0.2) is 22.7 Å². The molecule has 4 nitrogen and oxygen atoms in total. The van der Waals surface area contributed by atoms with E-state index in [0.29, 0.717) is 6.54 Å². The Kier molecular flexibility index (Phi) is 5.62. The minimum atomic E-state index is -0.175. The van der Waals surface area contributed by atoms with Crippen LogP contribution in [-0.4, -0.2) is 19.6 Å². The third-order valence-electron chi connectivity index (χ3n) is 2.81. The maximum atomic E-state index is 12.0. The molecular weight excluding hydrogens is 296 g/mol. The summed E-state index contributed by atoms with van der Waals surface area (Å²) in [6.07, 6.45) is 0. The van der Waals surface area contributed by atoms with Crippen LogP contribution in [0, 0.1) is 11.8 Å². The number of amides is 1. The summed E-state index contributed by atoms with van der Waals surface area (Å²) in [6.45, 7) is 4.32. The number of halogens is 1. The van der Waals surface area contributed by atoms with Gasteiger partial charge < -0.3 is 15.8 Å². The maximum absolute atomic E-state index is 12.0. The number of ether oxygens (including phenoxy) is 1. The molecule has 0 aliphatic rings. The molecule has 0 radical (unpaired) electrons. The molecule has 0 aliphatic heterocycles. The van der Waals surface area contributed by atoms with Gasteiger partial charge >= 0.3 is 0 Å². The second kappa shape index (κ2) is 6.75. The van der Waals surface area contributed by atoms with Gasteiger partial charge in [0, 0.05) is 12.2 Å². The molecule has 18 heavy (non-hydrogen) atoms. The van der Waals surface area contributed by atoms with Gasteiger partial charge in [0.25, 0.3) is 0 Å². The van der Waals surface area contributed by atoms with Gasteiger partial charge in [0.05, 0.1) is 17.5 Å². The van der Waals surface area contributed by atoms with E-state index in [9.17, 15) is 4.79 Å². The molecule has 0 fully saturated rings. The minimum absolute atomic E-state index is 0.0513. The van der Waals surface area contributed by atoms with Crippen molar-refractivity contribution in [3.05, 3.63) is 22.7 Å². The summed E-state index contributed by atoms with van der Waals surface area (Å²) in [7, 11) is 1.60. The summed E-state index contributed by atoms with van der Waals surface area (Å²) in [5.41, 5.74) is 6.34. The van der Waals surface area contributed by atoms with Crippen LogP contribution in [0.3, 0.4) is 0 Å². The quantitative estimate of drug-likeness (QED) is 0.878. The molecule has 0 aromatic heterocycles. The lowest BCUT2D eigenvalue weighted by atomic mass is 9.95. The molecule has 0 saturated heterocycles. The molecule has 1 unspecified atom stereocenters. The molecule has 0 spiro atoms. The van der Waals surface area contributed by atoms with E-state index in [1.54, 1.807) is 19.2 Å². The van der Waals surface area contributed by atoms with E-state index in [-0.39, 0.29) is 17.7 Å². The van der Waals surface area contributed by atoms with Crippen LogP contribution in [0.25, 0.3) is 0 Å². The van der Waals surface area contributed by atoms with Gasteiger partial charge in [0.1, 0.15) is 5.75 Å². The number of hydrogen-bond donors (Lipinski definition) is 2. The zero-order valence-corrected chi connectivity index (χ0v) is 12.5. The number of anilines is 1. The summed E-state index contributed by atoms with van der Waals surface area (Å²) in [6, 6.07) is 5.41. The Labute approximate surface area is 116 Å². The second-order valence-electron chi connectivity index (χ2n) is 4.42. The fourth-order valence-corrected chi connectivity index (χ4v) is 2.20. The number of nitrogens with one attached hydrogen (secondary N) is 1. The third-order valence-corrected chi connectivity index (χ3v) is 3.43. The lowest BCUT2D eigenvalue weighted by Crippen LogP contribution is -2.33. The highest BCUT2D eigenvalue weighted by Crippen LogP contribution is 2.28. The first-order valence-corrected chi connectivity index (χ1v) is 6.63. The summed E-state index contributed by atoms with van der Waals surface area (Å²) in [5.74, 6) is 0.722. The van der Waals surface area contributed by atoms with Crippen molar-refractivity contribution in [2.75, 3.05) is 19.0 Å². The van der Waals surface area contributed by atoms with Crippen LogP contribution in [0.1, 0.15) is 13.8 Å². The Morgan fingerprint density at radius 2 is 2.17 bits per heavy atom. The summed E-state index contributed by atoms with van der Waals surface area (Å²) >= 11 is 3.38. The number of hydrogen-bond acceptors (Lipinski definition) is 3. The molecule has 5 heteroatoms. The Morgan fingerprint density at radius 1 is 1.50 bits per heavy atom. The summed E-state index contributed by atoms with van der Waals surface area (Å²) in [4.78, 5) is 12.0. The Morgan fingerprint density at radius 3 is 2.61 bits per heavy atom. The molecular formula is C13H19BrN2O2. The molecule has 0 heterocycles. The van der Waals surface area contributed by atoms with Gasteiger partial charge in [-0.25, -0.2) is 0 Å². The zero-order valence-electron chi connectivity index (χ0n) is 10.9. The first kappa shape index (κ1) is 15.0. The number of nitrogens with two attached hydrogens (primary N) is 1. The number of carbonyl (C=O) groups is 1. The minimum Gasteiger partial charge on any atom is -0.496 e. The first-order valence-electron chi connectivity index (χ1n) is 5.84. The van der Waals surface area contributed by atoms with E-state index in [1.165, 1.54) is 0 Å². The Balaban J connectivity index is 2.78. The molecule has 3 N–H and O–H groups in total. The fraction of sp³-hybridized carbons (Fsp3) is 0.462. The lowest BCUT2D eigenvalue weighted by molar-refractivity contribution is -0.120. The lowest BCUT2D eigenvalue weighted by Gasteiger charge is -2.18. The van der Waals surface area contributed by atoms with Gasteiger partial charge in [0.15, 0.2) is 0 Å². The zero-order chi connectivity index (χ0) is 13.7. The number of rotatable bonds is 5. The molecule has 0 saturated carbocycles. The average Bonchev–Trinajstić information content (AvgIpc) is 2.29. The number of methoxy groups -OCH3 is 1. The normalized spacial score (nSPS) is 12.3. The van der Waals surface area contributed by atoms with Crippen molar-refractivity contribution in [3.8, 4) is 5.75 Å². The molecule has 1 aromatic rings. The van der Waals surface area contributed by atoms with Crippen LogP contribution >= 0.6 is 15.9 Å². The summed E-state index contributed by atoms with van der Waals surface area (Å²) < 4.78 is 5.93. The van der Waals surface area contributed by atoms with E-state index in [0.717, 1.165) is 15.9 Å². The number of benzene rings is 1. The molecule has 0 aliphatic carbocycles. The van der Waals surface area contributed by atoms with Crippen molar-refractivity contribution in [2.24, 2.45) is 17.6 Å². The highest BCUT2D eigenvalue weighted by atomic mass is 79.9. The molecule has 1 rings (SSSR count). The molecule has 1 amide bonds. The Hall–Kier alpha value is -1.07. The van der Waals surface area contributed by atoms with Crippen LogP contribution < -0.4 is 15.8 Å². The predicted octanol–water partition coefficient (Wildman–Crippen LogP) is 2.63.